The lowest BCUT2D eigenvalue weighted by Gasteiger charge is -2.19. The zero-order valence-corrected chi connectivity index (χ0v) is 15.3. The first-order valence-corrected chi connectivity index (χ1v) is 8.81. The molecule has 2 aromatic heterocycles. The number of nitrogens with one attached hydrogen (secondary N) is 1. The number of hydrogen-bond acceptors (Lipinski definition) is 4. The van der Waals surface area contributed by atoms with E-state index in [0.717, 1.165) is 11.3 Å². The van der Waals surface area contributed by atoms with Gasteiger partial charge in [0.25, 0.3) is 5.91 Å². The highest BCUT2D eigenvalue weighted by Gasteiger charge is 2.23. The van der Waals surface area contributed by atoms with Gasteiger partial charge in [0.1, 0.15) is 11.3 Å². The molecule has 26 heavy (non-hydrogen) atoms. The lowest BCUT2D eigenvalue weighted by atomic mass is 10.0. The summed E-state index contributed by atoms with van der Waals surface area (Å²) in [5, 5.41) is 7.09. The van der Waals surface area contributed by atoms with Crippen LogP contribution in [0.2, 0.25) is 0 Å². The lowest BCUT2D eigenvalue weighted by molar-refractivity contribution is 0.0933. The summed E-state index contributed by atoms with van der Waals surface area (Å²) < 4.78 is 5.20. The molecule has 0 aliphatic carbocycles. The van der Waals surface area contributed by atoms with Gasteiger partial charge in [0.05, 0.1) is 17.4 Å². The molecule has 1 amide bonds. The van der Waals surface area contributed by atoms with Crippen molar-refractivity contribution in [3.8, 4) is 0 Å². The first-order chi connectivity index (χ1) is 12.6. The smallest absolute Gasteiger partial charge is 0.257 e. The molecule has 1 atom stereocenters. The molecule has 0 bridgehead atoms. The Balaban J connectivity index is 1.87. The Morgan fingerprint density at radius 1 is 1.15 bits per heavy atom. The van der Waals surface area contributed by atoms with Crippen LogP contribution in [-0.2, 0) is 12.8 Å². The van der Waals surface area contributed by atoms with Crippen molar-refractivity contribution in [1.29, 1.82) is 0 Å². The fraction of sp³-hybridized carbons (Fsp3) is 0.286. The van der Waals surface area contributed by atoms with Crippen molar-refractivity contribution in [2.24, 2.45) is 0 Å². The van der Waals surface area contributed by atoms with Gasteiger partial charge in [-0.05, 0) is 44.4 Å². The van der Waals surface area contributed by atoms with E-state index in [0.29, 0.717) is 29.9 Å². The van der Waals surface area contributed by atoms with E-state index >= 15 is 0 Å². The van der Waals surface area contributed by atoms with Crippen LogP contribution in [0, 0.1) is 13.8 Å². The molecule has 0 unspecified atom stereocenters. The van der Waals surface area contributed by atoms with Gasteiger partial charge in [-0.25, -0.2) is 0 Å². The zero-order chi connectivity index (χ0) is 18.5. The lowest BCUT2D eigenvalue weighted by Crippen LogP contribution is -2.31. The molecule has 1 N–H and O–H groups in total. The first kappa shape index (κ1) is 17.9. The van der Waals surface area contributed by atoms with Crippen LogP contribution < -0.4 is 5.32 Å². The molecule has 0 saturated heterocycles. The Kier molecular flexibility index (Phi) is 5.46. The molecular weight excluding hydrogens is 326 g/mol. The molecule has 0 fully saturated rings. The maximum atomic E-state index is 12.9. The highest BCUT2D eigenvalue weighted by atomic mass is 16.5. The number of aryl methyl sites for hydroxylation is 3. The van der Waals surface area contributed by atoms with E-state index in [1.807, 2.05) is 25.1 Å². The van der Waals surface area contributed by atoms with Gasteiger partial charge in [0.2, 0.25) is 0 Å². The fourth-order valence-electron chi connectivity index (χ4n) is 2.95. The average molecular weight is 349 g/mol. The van der Waals surface area contributed by atoms with E-state index in [1.165, 1.54) is 5.56 Å². The SMILES string of the molecule is CCc1noc(C)c1C(=O)N[C@H](Cc1ccc(C)cc1)c1ccccn1. The summed E-state index contributed by atoms with van der Waals surface area (Å²) in [5.41, 5.74) is 4.38. The van der Waals surface area contributed by atoms with Gasteiger partial charge in [0.15, 0.2) is 0 Å². The van der Waals surface area contributed by atoms with Crippen LogP contribution in [0.15, 0.2) is 53.2 Å². The van der Waals surface area contributed by atoms with Crippen molar-refractivity contribution in [2.75, 3.05) is 0 Å². The van der Waals surface area contributed by atoms with Gasteiger partial charge in [-0.3, -0.25) is 9.78 Å². The second-order valence-electron chi connectivity index (χ2n) is 6.38. The van der Waals surface area contributed by atoms with Crippen molar-refractivity contribution >= 4 is 5.91 Å². The third kappa shape index (κ3) is 3.99. The molecule has 0 radical (unpaired) electrons. The van der Waals surface area contributed by atoms with Crippen LogP contribution in [0.1, 0.15) is 51.6 Å². The molecule has 5 heteroatoms. The molecule has 134 valence electrons. The predicted molar refractivity (Wildman–Crippen MR) is 99.9 cm³/mol. The van der Waals surface area contributed by atoms with Crippen molar-refractivity contribution < 1.29 is 9.32 Å². The van der Waals surface area contributed by atoms with Crippen molar-refractivity contribution in [2.45, 2.75) is 39.7 Å². The summed E-state index contributed by atoms with van der Waals surface area (Å²) in [6, 6.07) is 13.8. The highest BCUT2D eigenvalue weighted by Crippen LogP contribution is 2.20. The Morgan fingerprint density at radius 3 is 2.58 bits per heavy atom. The summed E-state index contributed by atoms with van der Waals surface area (Å²) in [6.07, 6.45) is 3.05. The zero-order valence-electron chi connectivity index (χ0n) is 15.3. The monoisotopic (exact) mass is 349 g/mol. The molecule has 3 aromatic rings. The molecule has 5 nitrogen and oxygen atoms in total. The second kappa shape index (κ2) is 7.95. The van der Waals surface area contributed by atoms with E-state index in [2.05, 4.69) is 46.6 Å². The van der Waals surface area contributed by atoms with E-state index in [-0.39, 0.29) is 11.9 Å². The summed E-state index contributed by atoms with van der Waals surface area (Å²) in [4.78, 5) is 17.3. The van der Waals surface area contributed by atoms with Crippen LogP contribution in [0.3, 0.4) is 0 Å². The number of rotatable bonds is 6. The normalized spacial score (nSPS) is 12.0. The quantitative estimate of drug-likeness (QED) is 0.731. The van der Waals surface area contributed by atoms with Gasteiger partial charge in [-0.15, -0.1) is 0 Å². The number of aromatic nitrogens is 2. The van der Waals surface area contributed by atoms with Crippen LogP contribution in [0.25, 0.3) is 0 Å². The molecule has 0 saturated carbocycles. The first-order valence-electron chi connectivity index (χ1n) is 8.81. The van der Waals surface area contributed by atoms with Crippen molar-refractivity contribution in [3.63, 3.8) is 0 Å². The Morgan fingerprint density at radius 2 is 1.92 bits per heavy atom. The minimum atomic E-state index is -0.231. The largest absolute Gasteiger partial charge is 0.361 e. The number of carbonyl (C=O) groups is 1. The predicted octanol–water partition coefficient (Wildman–Crippen LogP) is 3.96. The van der Waals surface area contributed by atoms with Crippen molar-refractivity contribution in [1.82, 2.24) is 15.5 Å². The molecule has 1 aromatic carbocycles. The van der Waals surface area contributed by atoms with Gasteiger partial charge in [0, 0.05) is 6.20 Å². The number of carbonyl (C=O) groups excluding carboxylic acids is 1. The molecule has 2 heterocycles. The molecule has 0 aliphatic rings. The maximum absolute atomic E-state index is 12.9. The minimum absolute atomic E-state index is 0.177. The average Bonchev–Trinajstić information content (AvgIpc) is 3.04. The number of amides is 1. The van der Waals surface area contributed by atoms with E-state index in [1.54, 1.807) is 13.1 Å². The van der Waals surface area contributed by atoms with E-state index in [4.69, 9.17) is 4.52 Å². The standard InChI is InChI=1S/C21H23N3O2/c1-4-17-20(15(3)26-24-17)21(25)23-19(18-7-5-6-12-22-18)13-16-10-8-14(2)9-11-16/h5-12,19H,4,13H2,1-3H3,(H,23,25)/t19-/m1/s1. The van der Waals surface area contributed by atoms with Crippen LogP contribution in [0.5, 0.6) is 0 Å². The summed E-state index contributed by atoms with van der Waals surface area (Å²) >= 11 is 0. The summed E-state index contributed by atoms with van der Waals surface area (Å²) in [5.74, 6) is 0.359. The Labute approximate surface area is 153 Å². The highest BCUT2D eigenvalue weighted by molar-refractivity contribution is 5.96. The van der Waals surface area contributed by atoms with Crippen molar-refractivity contribution in [3.05, 3.63) is 82.5 Å². The van der Waals surface area contributed by atoms with Gasteiger partial charge < -0.3 is 9.84 Å². The maximum Gasteiger partial charge on any atom is 0.257 e. The Bertz CT molecular complexity index is 870. The molecule has 3 rings (SSSR count). The summed E-state index contributed by atoms with van der Waals surface area (Å²) in [7, 11) is 0. The fourth-order valence-corrected chi connectivity index (χ4v) is 2.95. The third-order valence-electron chi connectivity index (χ3n) is 4.41. The molecule has 0 aliphatic heterocycles. The second-order valence-corrected chi connectivity index (χ2v) is 6.38. The van der Waals surface area contributed by atoms with Gasteiger partial charge in [-0.1, -0.05) is 48.0 Å². The van der Waals surface area contributed by atoms with E-state index in [9.17, 15) is 4.79 Å². The topological polar surface area (TPSA) is 68.0 Å². The minimum Gasteiger partial charge on any atom is -0.361 e. The summed E-state index contributed by atoms with van der Waals surface area (Å²) in [6.45, 7) is 5.77. The van der Waals surface area contributed by atoms with Gasteiger partial charge in [-0.2, -0.15) is 0 Å². The number of benzene rings is 1. The molecular formula is C21H23N3O2. The third-order valence-corrected chi connectivity index (χ3v) is 4.41. The number of pyridine rings is 1. The van der Waals surface area contributed by atoms with Crippen LogP contribution >= 0.6 is 0 Å². The van der Waals surface area contributed by atoms with Gasteiger partial charge >= 0.3 is 0 Å². The van der Waals surface area contributed by atoms with E-state index < -0.39 is 0 Å². The Hall–Kier alpha value is -2.95. The van der Waals surface area contributed by atoms with Crippen LogP contribution in [0.4, 0.5) is 0 Å². The molecule has 0 spiro atoms. The van der Waals surface area contributed by atoms with Crippen LogP contribution in [-0.4, -0.2) is 16.0 Å². The number of hydrogen-bond donors (Lipinski definition) is 1. The number of nitrogens with zero attached hydrogens (tertiary/aromatic N) is 2.